The van der Waals surface area contributed by atoms with Crippen LogP contribution >= 0.6 is 0 Å². The summed E-state index contributed by atoms with van der Waals surface area (Å²) in [7, 11) is 0. The lowest BCUT2D eigenvalue weighted by Crippen LogP contribution is -2.55. The molecule has 7 heteroatoms. The van der Waals surface area contributed by atoms with Gasteiger partial charge in [-0.15, -0.1) is 0 Å². The fourth-order valence-corrected chi connectivity index (χ4v) is 5.12. The Bertz CT molecular complexity index is 1060. The monoisotopic (exact) mass is 510 g/mol. The highest BCUT2D eigenvalue weighted by Crippen LogP contribution is 2.52. The second kappa shape index (κ2) is 11.5. The van der Waals surface area contributed by atoms with E-state index in [2.05, 4.69) is 13.8 Å². The molecule has 1 atom stereocenters. The molecule has 1 amide bonds. The molecule has 2 heterocycles. The van der Waals surface area contributed by atoms with Crippen molar-refractivity contribution < 1.29 is 24.5 Å². The minimum atomic E-state index is -1.27. The molecule has 2 aliphatic heterocycles. The van der Waals surface area contributed by atoms with Gasteiger partial charge in [0.25, 0.3) is 5.91 Å². The van der Waals surface area contributed by atoms with Gasteiger partial charge in [0, 0.05) is 17.2 Å². The lowest BCUT2D eigenvalue weighted by Gasteiger charge is -2.39. The first-order valence-corrected chi connectivity index (χ1v) is 14.0. The number of rotatable bonds is 6. The molecule has 37 heavy (non-hydrogen) atoms. The van der Waals surface area contributed by atoms with Gasteiger partial charge in [-0.2, -0.15) is 0 Å². The highest BCUT2D eigenvalue weighted by atomic mass is 16.5. The van der Waals surface area contributed by atoms with Crippen LogP contribution in [0.15, 0.2) is 58.4 Å². The molecule has 6 aliphatic rings. The van der Waals surface area contributed by atoms with E-state index in [-0.39, 0.29) is 11.9 Å². The number of aliphatic hydroxyl groups is 2. The molecule has 1 unspecified atom stereocenters. The van der Waals surface area contributed by atoms with Crippen molar-refractivity contribution in [1.82, 2.24) is 4.90 Å². The number of cyclic esters (lactones) is 1. The van der Waals surface area contributed by atoms with Crippen LogP contribution in [0.2, 0.25) is 0 Å². The van der Waals surface area contributed by atoms with Crippen LogP contribution in [-0.4, -0.2) is 44.5 Å². The van der Waals surface area contributed by atoms with Crippen molar-refractivity contribution in [3.63, 3.8) is 0 Å². The van der Waals surface area contributed by atoms with Gasteiger partial charge in [0.15, 0.2) is 5.72 Å². The minimum Gasteiger partial charge on any atom is -0.423 e. The van der Waals surface area contributed by atoms with Gasteiger partial charge in [0.1, 0.15) is 11.5 Å². The summed E-state index contributed by atoms with van der Waals surface area (Å²) in [6.45, 7) is 4.18. The molecular formula is C30H42N2O5. The minimum absolute atomic E-state index is 0.182. The third-order valence-corrected chi connectivity index (χ3v) is 7.58. The van der Waals surface area contributed by atoms with E-state index in [0.717, 1.165) is 67.4 Å². The fourth-order valence-electron chi connectivity index (χ4n) is 5.12. The number of ether oxygens (including phenoxy) is 1. The summed E-state index contributed by atoms with van der Waals surface area (Å²) in [5, 5.41) is 21.5. The second-order valence-electron chi connectivity index (χ2n) is 10.8. The molecule has 0 saturated heterocycles. The molecule has 0 aromatic heterocycles. The Hall–Kier alpha value is -2.48. The SMILES string of the molecule is CCC/C=C1\OC(=O)C2=C1CCC=C2.CCCCC1(O)C2=C(C=CCC2)C(=O)N1C1(O)CC1.NC1CC1. The van der Waals surface area contributed by atoms with Crippen molar-refractivity contribution in [1.29, 1.82) is 0 Å². The van der Waals surface area contributed by atoms with Crippen LogP contribution in [0, 0.1) is 0 Å². The Morgan fingerprint density at radius 2 is 1.70 bits per heavy atom. The van der Waals surface area contributed by atoms with Gasteiger partial charge in [0.05, 0.1) is 5.57 Å². The molecule has 4 aliphatic carbocycles. The summed E-state index contributed by atoms with van der Waals surface area (Å²) >= 11 is 0. The highest BCUT2D eigenvalue weighted by Gasteiger charge is 2.61. The van der Waals surface area contributed by atoms with Crippen molar-refractivity contribution in [3.8, 4) is 0 Å². The number of amides is 1. The first-order chi connectivity index (χ1) is 17.7. The van der Waals surface area contributed by atoms with Gasteiger partial charge in [-0.05, 0) is 82.3 Å². The zero-order valence-electron chi connectivity index (χ0n) is 22.3. The zero-order valence-corrected chi connectivity index (χ0v) is 22.3. The van der Waals surface area contributed by atoms with Crippen molar-refractivity contribution in [3.05, 3.63) is 58.4 Å². The molecule has 2 fully saturated rings. The van der Waals surface area contributed by atoms with Crippen molar-refractivity contribution in [2.75, 3.05) is 0 Å². The molecule has 4 N–H and O–H groups in total. The van der Waals surface area contributed by atoms with Crippen LogP contribution in [0.4, 0.5) is 0 Å². The number of hydrogen-bond acceptors (Lipinski definition) is 6. The Morgan fingerprint density at radius 1 is 1.05 bits per heavy atom. The number of carbonyl (C=O) groups is 2. The molecule has 0 spiro atoms. The van der Waals surface area contributed by atoms with Crippen molar-refractivity contribution in [2.45, 2.75) is 115 Å². The van der Waals surface area contributed by atoms with Crippen LogP contribution < -0.4 is 5.73 Å². The maximum atomic E-state index is 12.5. The van der Waals surface area contributed by atoms with Gasteiger partial charge in [0.2, 0.25) is 0 Å². The van der Waals surface area contributed by atoms with Gasteiger partial charge >= 0.3 is 5.97 Å². The number of allylic oxidation sites excluding steroid dienone is 4. The molecular weight excluding hydrogens is 468 g/mol. The topological polar surface area (TPSA) is 113 Å². The van der Waals surface area contributed by atoms with E-state index in [9.17, 15) is 19.8 Å². The van der Waals surface area contributed by atoms with Crippen molar-refractivity contribution in [2.24, 2.45) is 5.73 Å². The Balaban J connectivity index is 0.000000155. The van der Waals surface area contributed by atoms with Gasteiger partial charge in [-0.1, -0.05) is 51.0 Å². The maximum Gasteiger partial charge on any atom is 0.343 e. The van der Waals surface area contributed by atoms with Gasteiger partial charge in [-0.3, -0.25) is 9.69 Å². The number of nitrogens with zero attached hydrogens (tertiary/aromatic N) is 1. The number of nitrogens with two attached hydrogens (primary N) is 1. The lowest BCUT2D eigenvalue weighted by atomic mass is 9.89. The summed E-state index contributed by atoms with van der Waals surface area (Å²) in [5.74, 6) is 0.416. The normalized spacial score (nSPS) is 27.9. The Morgan fingerprint density at radius 3 is 2.30 bits per heavy atom. The lowest BCUT2D eigenvalue weighted by molar-refractivity contribution is -0.179. The van der Waals surface area contributed by atoms with Crippen LogP contribution in [0.1, 0.15) is 97.3 Å². The van der Waals surface area contributed by atoms with E-state index in [0.29, 0.717) is 37.3 Å². The quantitative estimate of drug-likeness (QED) is 0.442. The third kappa shape index (κ3) is 6.00. The Kier molecular flexibility index (Phi) is 8.56. The highest BCUT2D eigenvalue weighted by molar-refractivity contribution is 6.01. The summed E-state index contributed by atoms with van der Waals surface area (Å²) in [6, 6.07) is 0.583. The van der Waals surface area contributed by atoms with E-state index in [1.807, 2.05) is 30.4 Å². The number of esters is 1. The molecule has 0 radical (unpaired) electrons. The standard InChI is InChI=1S/C15H21NO3.C12H14O2.C3H7N/c1-2-3-8-15(19)12-7-5-4-6-11(12)13(17)16(15)14(18)9-10-14;1-2-3-8-11-9-6-4-5-7-10(9)12(13)14-11;4-3-1-2-3/h4,6,18-19H,2-3,5,7-10H2,1H3;5,7-8H,2-4,6H2,1H3;3H,1-2,4H2/b;11-8-;. The predicted octanol–water partition coefficient (Wildman–Crippen LogP) is 4.82. The number of unbranched alkanes of at least 4 members (excludes halogenated alkanes) is 2. The Labute approximate surface area is 220 Å². The van der Waals surface area contributed by atoms with Crippen LogP contribution in [0.25, 0.3) is 0 Å². The van der Waals surface area contributed by atoms with E-state index in [1.54, 1.807) is 0 Å². The van der Waals surface area contributed by atoms with Gasteiger partial charge in [-0.25, -0.2) is 4.79 Å². The average Bonchev–Trinajstić information content (AvgIpc) is 3.81. The predicted molar refractivity (Wildman–Crippen MR) is 143 cm³/mol. The molecule has 6 rings (SSSR count). The summed E-state index contributed by atoms with van der Waals surface area (Å²) in [4.78, 5) is 25.3. The van der Waals surface area contributed by atoms with E-state index in [4.69, 9.17) is 10.5 Å². The van der Waals surface area contributed by atoms with Crippen LogP contribution in [0.5, 0.6) is 0 Å². The largest absolute Gasteiger partial charge is 0.423 e. The van der Waals surface area contributed by atoms with Crippen LogP contribution in [0.3, 0.4) is 0 Å². The zero-order chi connectivity index (χ0) is 26.6. The molecule has 2 saturated carbocycles. The summed E-state index contributed by atoms with van der Waals surface area (Å²) in [6.07, 6.45) is 21.3. The fraction of sp³-hybridized carbons (Fsp3) is 0.600. The maximum absolute atomic E-state index is 12.5. The smallest absolute Gasteiger partial charge is 0.343 e. The third-order valence-electron chi connectivity index (χ3n) is 7.58. The van der Waals surface area contributed by atoms with Crippen molar-refractivity contribution >= 4 is 11.9 Å². The average molecular weight is 511 g/mol. The molecule has 0 bridgehead atoms. The first-order valence-electron chi connectivity index (χ1n) is 14.0. The second-order valence-corrected chi connectivity index (χ2v) is 10.8. The molecule has 7 nitrogen and oxygen atoms in total. The van der Waals surface area contributed by atoms with E-state index in [1.165, 1.54) is 17.7 Å². The summed E-state index contributed by atoms with van der Waals surface area (Å²) in [5.41, 5.74) is 6.12. The van der Waals surface area contributed by atoms with Crippen LogP contribution in [-0.2, 0) is 14.3 Å². The van der Waals surface area contributed by atoms with Gasteiger partial charge < -0.3 is 20.7 Å². The number of hydrogen-bond donors (Lipinski definition) is 3. The van der Waals surface area contributed by atoms with E-state index >= 15 is 0 Å². The molecule has 0 aromatic rings. The molecule has 0 aromatic carbocycles. The number of carbonyl (C=O) groups excluding carboxylic acids is 2. The molecule has 202 valence electrons. The first kappa shape index (κ1) is 27.6. The van der Waals surface area contributed by atoms with E-state index < -0.39 is 11.4 Å². The summed E-state index contributed by atoms with van der Waals surface area (Å²) < 4.78 is 5.21.